The van der Waals surface area contributed by atoms with Crippen LogP contribution >= 0.6 is 0 Å². The normalized spacial score (nSPS) is 28.8. The monoisotopic (exact) mass is 270 g/mol. The van der Waals surface area contributed by atoms with Gasteiger partial charge in [0.2, 0.25) is 0 Å². The number of amides is 1. The second-order valence-corrected chi connectivity index (χ2v) is 6.00. The summed E-state index contributed by atoms with van der Waals surface area (Å²) in [5.74, 6) is 1.38. The van der Waals surface area contributed by atoms with Crippen LogP contribution in [0.4, 0.5) is 0 Å². The van der Waals surface area contributed by atoms with Gasteiger partial charge in [-0.2, -0.15) is 0 Å². The lowest BCUT2D eigenvalue weighted by atomic mass is 9.72. The van der Waals surface area contributed by atoms with Crippen LogP contribution in [0, 0.1) is 5.92 Å². The van der Waals surface area contributed by atoms with E-state index in [1.807, 2.05) is 12.1 Å². The number of benzene rings is 1. The van der Waals surface area contributed by atoms with Crippen molar-refractivity contribution >= 4 is 16.9 Å². The van der Waals surface area contributed by atoms with Crippen LogP contribution in [0.3, 0.4) is 0 Å². The minimum atomic E-state index is -0.420. The molecule has 3 aliphatic rings. The van der Waals surface area contributed by atoms with Gasteiger partial charge in [-0.3, -0.25) is 9.69 Å². The summed E-state index contributed by atoms with van der Waals surface area (Å²) in [5.41, 5.74) is 7.60. The van der Waals surface area contributed by atoms with Gasteiger partial charge in [-0.05, 0) is 37.4 Å². The maximum atomic E-state index is 11.5. The SMILES string of the molecule is CCN1CC2CC1(c1nc3c(C(N)=O)cccc3[nH]1)C2. The average molecular weight is 270 g/mol. The predicted molar refractivity (Wildman–Crippen MR) is 76.3 cm³/mol. The molecule has 2 bridgehead atoms. The van der Waals surface area contributed by atoms with E-state index >= 15 is 0 Å². The predicted octanol–water partition coefficient (Wildman–Crippen LogP) is 1.60. The molecular weight excluding hydrogens is 252 g/mol. The molecule has 20 heavy (non-hydrogen) atoms. The highest BCUT2D eigenvalue weighted by atomic mass is 16.1. The molecule has 3 N–H and O–H groups in total. The summed E-state index contributed by atoms with van der Waals surface area (Å²) in [4.78, 5) is 22.2. The van der Waals surface area contributed by atoms with Gasteiger partial charge < -0.3 is 10.7 Å². The smallest absolute Gasteiger partial charge is 0.250 e. The molecular formula is C15H18N4O. The first-order valence-corrected chi connectivity index (χ1v) is 7.18. The molecule has 5 heteroatoms. The van der Waals surface area contributed by atoms with Gasteiger partial charge in [-0.15, -0.1) is 0 Å². The summed E-state index contributed by atoms with van der Waals surface area (Å²) >= 11 is 0. The van der Waals surface area contributed by atoms with Gasteiger partial charge in [0, 0.05) is 6.54 Å². The van der Waals surface area contributed by atoms with E-state index in [4.69, 9.17) is 10.7 Å². The Morgan fingerprint density at radius 3 is 3.05 bits per heavy atom. The molecule has 0 spiro atoms. The van der Waals surface area contributed by atoms with Crippen LogP contribution in [0.2, 0.25) is 0 Å². The van der Waals surface area contributed by atoms with E-state index in [0.717, 1.165) is 30.3 Å². The number of para-hydroxylation sites is 1. The number of hydrogen-bond acceptors (Lipinski definition) is 3. The number of carbonyl (C=O) groups excluding carboxylic acids is 1. The number of aromatic nitrogens is 2. The average Bonchev–Trinajstić information content (AvgIpc) is 3.06. The van der Waals surface area contributed by atoms with Crippen molar-refractivity contribution in [2.45, 2.75) is 25.3 Å². The molecule has 0 radical (unpaired) electrons. The number of nitrogens with two attached hydrogens (primary N) is 1. The van der Waals surface area contributed by atoms with Crippen molar-refractivity contribution in [2.75, 3.05) is 13.1 Å². The number of H-pyrrole nitrogens is 1. The molecule has 0 atom stereocenters. The minimum absolute atomic E-state index is 0.0629. The highest BCUT2D eigenvalue weighted by Crippen LogP contribution is 2.56. The maximum Gasteiger partial charge on any atom is 0.250 e. The number of aromatic amines is 1. The molecule has 3 fully saturated rings. The highest BCUT2D eigenvalue weighted by molar-refractivity contribution is 6.04. The second kappa shape index (κ2) is 3.82. The molecule has 1 saturated carbocycles. The zero-order valence-corrected chi connectivity index (χ0v) is 11.5. The molecule has 1 aromatic carbocycles. The van der Waals surface area contributed by atoms with Crippen LogP contribution in [0.1, 0.15) is 35.9 Å². The molecule has 1 aliphatic carbocycles. The maximum absolute atomic E-state index is 11.5. The topological polar surface area (TPSA) is 75.0 Å². The lowest BCUT2D eigenvalue weighted by Gasteiger charge is -2.40. The first kappa shape index (κ1) is 11.9. The lowest BCUT2D eigenvalue weighted by Crippen LogP contribution is -2.43. The Hall–Kier alpha value is -1.88. The number of imidazole rings is 1. The van der Waals surface area contributed by atoms with Gasteiger partial charge in [-0.25, -0.2) is 4.98 Å². The number of rotatable bonds is 3. The molecule has 1 aromatic heterocycles. The first-order chi connectivity index (χ1) is 9.64. The third kappa shape index (κ3) is 1.36. The number of hydrogen-bond donors (Lipinski definition) is 2. The molecule has 5 nitrogen and oxygen atoms in total. The number of nitrogens with one attached hydrogen (secondary N) is 1. The first-order valence-electron chi connectivity index (χ1n) is 7.18. The molecule has 1 amide bonds. The van der Waals surface area contributed by atoms with E-state index in [2.05, 4.69) is 16.8 Å². The Labute approximate surface area is 117 Å². The van der Waals surface area contributed by atoms with Gasteiger partial charge in [0.1, 0.15) is 11.3 Å². The summed E-state index contributed by atoms with van der Waals surface area (Å²) in [7, 11) is 0. The summed E-state index contributed by atoms with van der Waals surface area (Å²) < 4.78 is 0. The van der Waals surface area contributed by atoms with Crippen molar-refractivity contribution in [2.24, 2.45) is 11.7 Å². The summed E-state index contributed by atoms with van der Waals surface area (Å²) in [6.45, 7) is 4.40. The van der Waals surface area contributed by atoms with Crippen LogP contribution in [0.15, 0.2) is 18.2 Å². The van der Waals surface area contributed by atoms with Gasteiger partial charge in [0.05, 0.1) is 16.6 Å². The third-order valence-corrected chi connectivity index (χ3v) is 4.94. The summed E-state index contributed by atoms with van der Waals surface area (Å²) in [5, 5.41) is 0. The Morgan fingerprint density at radius 1 is 1.55 bits per heavy atom. The number of fused-ring (bicyclic) bond motifs is 2. The van der Waals surface area contributed by atoms with Crippen LogP contribution in [-0.4, -0.2) is 33.9 Å². The molecule has 5 rings (SSSR count). The van der Waals surface area contributed by atoms with Crippen molar-refractivity contribution in [3.8, 4) is 0 Å². The van der Waals surface area contributed by atoms with Gasteiger partial charge >= 0.3 is 0 Å². The van der Waals surface area contributed by atoms with E-state index in [1.165, 1.54) is 12.8 Å². The van der Waals surface area contributed by atoms with Gasteiger partial charge in [0.25, 0.3) is 5.91 Å². The van der Waals surface area contributed by atoms with Crippen LogP contribution in [0.25, 0.3) is 11.0 Å². The van der Waals surface area contributed by atoms with Gasteiger partial charge in [-0.1, -0.05) is 13.0 Å². The van der Waals surface area contributed by atoms with Crippen LogP contribution in [0.5, 0.6) is 0 Å². The molecule has 2 aromatic rings. The summed E-state index contributed by atoms with van der Waals surface area (Å²) in [6.07, 6.45) is 2.35. The fraction of sp³-hybridized carbons (Fsp3) is 0.467. The molecule has 2 saturated heterocycles. The van der Waals surface area contributed by atoms with Crippen molar-refractivity contribution in [1.29, 1.82) is 0 Å². The van der Waals surface area contributed by atoms with E-state index in [9.17, 15) is 4.79 Å². The quantitative estimate of drug-likeness (QED) is 0.889. The van der Waals surface area contributed by atoms with Crippen molar-refractivity contribution in [3.63, 3.8) is 0 Å². The zero-order chi connectivity index (χ0) is 13.9. The zero-order valence-electron chi connectivity index (χ0n) is 11.5. The molecule has 3 heterocycles. The van der Waals surface area contributed by atoms with E-state index in [1.54, 1.807) is 6.07 Å². The fourth-order valence-corrected chi connectivity index (χ4v) is 4.00. The highest BCUT2D eigenvalue weighted by Gasteiger charge is 2.58. The van der Waals surface area contributed by atoms with E-state index in [0.29, 0.717) is 11.1 Å². The van der Waals surface area contributed by atoms with Crippen LogP contribution in [-0.2, 0) is 5.54 Å². The standard InChI is InChI=1S/C15H18N4O/c1-2-19-8-9-6-15(19,7-9)14-17-11-5-3-4-10(13(16)20)12(11)18-14/h3-5,9H,2,6-8H2,1H3,(H2,16,20)(H,17,18). The molecule has 104 valence electrons. The number of carbonyl (C=O) groups is 1. The largest absolute Gasteiger partial charge is 0.366 e. The van der Waals surface area contributed by atoms with Crippen molar-refractivity contribution in [1.82, 2.24) is 14.9 Å². The fourth-order valence-electron chi connectivity index (χ4n) is 4.00. The summed E-state index contributed by atoms with van der Waals surface area (Å²) in [6, 6.07) is 5.54. The minimum Gasteiger partial charge on any atom is -0.366 e. The Morgan fingerprint density at radius 2 is 2.35 bits per heavy atom. The second-order valence-electron chi connectivity index (χ2n) is 6.00. The van der Waals surface area contributed by atoms with E-state index < -0.39 is 5.91 Å². The lowest BCUT2D eigenvalue weighted by molar-refractivity contribution is 0.0999. The van der Waals surface area contributed by atoms with Crippen LogP contribution < -0.4 is 5.73 Å². The van der Waals surface area contributed by atoms with Crippen molar-refractivity contribution < 1.29 is 4.79 Å². The van der Waals surface area contributed by atoms with E-state index in [-0.39, 0.29) is 5.54 Å². The Kier molecular flexibility index (Phi) is 2.27. The molecule has 2 aliphatic heterocycles. The number of primary amides is 1. The van der Waals surface area contributed by atoms with Gasteiger partial charge in [0.15, 0.2) is 0 Å². The Bertz CT molecular complexity index is 699. The number of nitrogens with zero attached hydrogens (tertiary/aromatic N) is 2. The third-order valence-electron chi connectivity index (χ3n) is 4.94. The molecule has 0 unspecified atom stereocenters. The Balaban J connectivity index is 1.86. The van der Waals surface area contributed by atoms with Crippen molar-refractivity contribution in [3.05, 3.63) is 29.6 Å².